The monoisotopic (exact) mass is 368 g/mol. The molecule has 0 bridgehead atoms. The van der Waals surface area contributed by atoms with E-state index in [2.05, 4.69) is 0 Å². The molecular formula is C18H18Cl2O4. The fraction of sp³-hybridized carbons (Fsp3) is 0.278. The Morgan fingerprint density at radius 1 is 1.17 bits per heavy atom. The van der Waals surface area contributed by atoms with Crippen molar-refractivity contribution >= 4 is 29.2 Å². The number of hydrogen-bond acceptors (Lipinski definition) is 4. The van der Waals surface area contributed by atoms with E-state index < -0.39 is 0 Å². The summed E-state index contributed by atoms with van der Waals surface area (Å²) in [5, 5.41) is 10.7. The van der Waals surface area contributed by atoms with Crippen LogP contribution in [0.15, 0.2) is 36.4 Å². The number of rotatable bonds is 7. The lowest BCUT2D eigenvalue weighted by molar-refractivity contribution is -0.143. The number of aromatic hydroxyl groups is 1. The van der Waals surface area contributed by atoms with Crippen molar-refractivity contribution in [2.45, 2.75) is 26.4 Å². The zero-order chi connectivity index (χ0) is 17.5. The number of phenolic OH excluding ortho intramolecular Hbond substituents is 1. The van der Waals surface area contributed by atoms with Crippen LogP contribution in [0.25, 0.3) is 0 Å². The van der Waals surface area contributed by atoms with Crippen LogP contribution in [0.1, 0.15) is 24.5 Å². The topological polar surface area (TPSA) is 55.8 Å². The van der Waals surface area contributed by atoms with Crippen LogP contribution in [-0.4, -0.2) is 17.7 Å². The first-order valence-corrected chi connectivity index (χ1v) is 8.30. The van der Waals surface area contributed by atoms with Gasteiger partial charge in [-0.2, -0.15) is 0 Å². The summed E-state index contributed by atoms with van der Waals surface area (Å²) in [4.78, 5) is 11.5. The molecule has 0 atom stereocenters. The molecule has 0 fully saturated rings. The molecule has 0 saturated carbocycles. The number of ether oxygens (including phenoxy) is 2. The van der Waals surface area contributed by atoms with Crippen LogP contribution < -0.4 is 4.74 Å². The van der Waals surface area contributed by atoms with Gasteiger partial charge in [-0.15, -0.1) is 0 Å². The summed E-state index contributed by atoms with van der Waals surface area (Å²) >= 11 is 12.3. The highest BCUT2D eigenvalue weighted by molar-refractivity contribution is 6.35. The van der Waals surface area contributed by atoms with E-state index in [1.54, 1.807) is 37.3 Å². The molecule has 0 heterocycles. The fourth-order valence-corrected chi connectivity index (χ4v) is 2.68. The largest absolute Gasteiger partial charge is 0.508 e. The predicted molar refractivity (Wildman–Crippen MR) is 93.9 cm³/mol. The molecule has 24 heavy (non-hydrogen) atoms. The zero-order valence-electron chi connectivity index (χ0n) is 13.2. The van der Waals surface area contributed by atoms with E-state index in [9.17, 15) is 9.90 Å². The normalized spacial score (nSPS) is 10.5. The maximum atomic E-state index is 11.5. The second-order valence-electron chi connectivity index (χ2n) is 5.09. The van der Waals surface area contributed by atoms with E-state index in [-0.39, 0.29) is 24.7 Å². The van der Waals surface area contributed by atoms with Crippen LogP contribution in [0.4, 0.5) is 0 Å². The minimum atomic E-state index is -0.273. The Morgan fingerprint density at radius 3 is 2.54 bits per heavy atom. The molecule has 0 saturated heterocycles. The average Bonchev–Trinajstić information content (AvgIpc) is 2.54. The summed E-state index contributed by atoms with van der Waals surface area (Å²) in [5.41, 5.74) is 1.46. The molecule has 0 aliphatic heterocycles. The third kappa shape index (κ3) is 5.05. The molecule has 0 amide bonds. The summed E-state index contributed by atoms with van der Waals surface area (Å²) in [5.74, 6) is 0.288. The van der Waals surface area contributed by atoms with Gasteiger partial charge in [0.2, 0.25) is 0 Å². The van der Waals surface area contributed by atoms with Gasteiger partial charge in [0.15, 0.2) is 0 Å². The van der Waals surface area contributed by atoms with Crippen LogP contribution >= 0.6 is 23.2 Å². The number of halogens is 2. The number of aryl methyl sites for hydroxylation is 1. The SMILES string of the molecule is CCOC(=O)CCc1ccc(O)cc1OCc1c(Cl)cccc1Cl. The van der Waals surface area contributed by atoms with E-state index in [1.807, 2.05) is 0 Å². The van der Waals surface area contributed by atoms with Crippen LogP contribution in [0.5, 0.6) is 11.5 Å². The Morgan fingerprint density at radius 2 is 1.88 bits per heavy atom. The van der Waals surface area contributed by atoms with E-state index in [0.717, 1.165) is 5.56 Å². The maximum absolute atomic E-state index is 11.5. The summed E-state index contributed by atoms with van der Waals surface area (Å²) in [6.07, 6.45) is 0.687. The molecule has 2 aromatic carbocycles. The predicted octanol–water partition coefficient (Wildman–Crippen LogP) is 4.77. The van der Waals surface area contributed by atoms with Gasteiger partial charge in [-0.25, -0.2) is 0 Å². The summed E-state index contributed by atoms with van der Waals surface area (Å²) in [7, 11) is 0. The Balaban J connectivity index is 2.11. The summed E-state index contributed by atoms with van der Waals surface area (Å²) in [6, 6.07) is 10.00. The fourth-order valence-electron chi connectivity index (χ4n) is 2.17. The molecule has 0 aromatic heterocycles. The van der Waals surface area contributed by atoms with Crippen LogP contribution in [0, 0.1) is 0 Å². The van der Waals surface area contributed by atoms with E-state index in [4.69, 9.17) is 32.7 Å². The highest BCUT2D eigenvalue weighted by atomic mass is 35.5. The number of hydrogen-bond donors (Lipinski definition) is 1. The Bertz CT molecular complexity index is 696. The highest BCUT2D eigenvalue weighted by Crippen LogP contribution is 2.29. The van der Waals surface area contributed by atoms with E-state index >= 15 is 0 Å². The van der Waals surface area contributed by atoms with Gasteiger partial charge in [-0.05, 0) is 37.1 Å². The number of phenols is 1. The first-order chi connectivity index (χ1) is 11.5. The number of carbonyl (C=O) groups is 1. The lowest BCUT2D eigenvalue weighted by Gasteiger charge is -2.13. The van der Waals surface area contributed by atoms with Gasteiger partial charge in [0, 0.05) is 28.1 Å². The van der Waals surface area contributed by atoms with Crippen molar-refractivity contribution in [3.63, 3.8) is 0 Å². The van der Waals surface area contributed by atoms with E-state index in [0.29, 0.717) is 34.4 Å². The second kappa shape index (κ2) is 8.81. The number of benzene rings is 2. The van der Waals surface area contributed by atoms with E-state index in [1.165, 1.54) is 6.07 Å². The molecule has 0 unspecified atom stereocenters. The van der Waals surface area contributed by atoms with Crippen LogP contribution in [-0.2, 0) is 22.6 Å². The minimum Gasteiger partial charge on any atom is -0.508 e. The van der Waals surface area contributed by atoms with Gasteiger partial charge >= 0.3 is 5.97 Å². The average molecular weight is 369 g/mol. The molecule has 6 heteroatoms. The number of esters is 1. The molecule has 1 N–H and O–H groups in total. The van der Waals surface area contributed by atoms with Gasteiger partial charge in [-0.1, -0.05) is 35.3 Å². The Hall–Kier alpha value is -1.91. The van der Waals surface area contributed by atoms with Crippen molar-refractivity contribution in [1.29, 1.82) is 0 Å². The highest BCUT2D eigenvalue weighted by Gasteiger charge is 2.11. The van der Waals surface area contributed by atoms with Crippen LogP contribution in [0.2, 0.25) is 10.0 Å². The third-order valence-corrected chi connectivity index (χ3v) is 4.10. The van der Waals surface area contributed by atoms with Crippen molar-refractivity contribution in [3.05, 3.63) is 57.6 Å². The lowest BCUT2D eigenvalue weighted by atomic mass is 10.1. The molecule has 2 aromatic rings. The van der Waals surface area contributed by atoms with Crippen molar-refractivity contribution < 1.29 is 19.4 Å². The van der Waals surface area contributed by atoms with Crippen molar-refractivity contribution in [3.8, 4) is 11.5 Å². The van der Waals surface area contributed by atoms with Crippen molar-refractivity contribution in [1.82, 2.24) is 0 Å². The standard InChI is InChI=1S/C18H18Cl2O4/c1-2-23-18(22)9-7-12-6-8-13(21)10-17(12)24-11-14-15(19)4-3-5-16(14)20/h3-6,8,10,21H,2,7,9,11H2,1H3. The molecule has 0 aliphatic carbocycles. The molecule has 2 rings (SSSR count). The Kier molecular flexibility index (Phi) is 6.76. The van der Waals surface area contributed by atoms with Gasteiger partial charge < -0.3 is 14.6 Å². The lowest BCUT2D eigenvalue weighted by Crippen LogP contribution is -2.06. The molecule has 0 radical (unpaired) electrons. The quantitative estimate of drug-likeness (QED) is 0.714. The van der Waals surface area contributed by atoms with Crippen molar-refractivity contribution in [2.24, 2.45) is 0 Å². The molecule has 0 spiro atoms. The smallest absolute Gasteiger partial charge is 0.306 e. The Labute approximate surface area is 150 Å². The van der Waals surface area contributed by atoms with Crippen LogP contribution in [0.3, 0.4) is 0 Å². The van der Waals surface area contributed by atoms with Crippen molar-refractivity contribution in [2.75, 3.05) is 6.61 Å². The number of carbonyl (C=O) groups excluding carboxylic acids is 1. The first-order valence-electron chi connectivity index (χ1n) is 7.54. The zero-order valence-corrected chi connectivity index (χ0v) is 14.7. The second-order valence-corrected chi connectivity index (χ2v) is 5.90. The minimum absolute atomic E-state index is 0.0788. The van der Waals surface area contributed by atoms with Gasteiger partial charge in [0.25, 0.3) is 0 Å². The summed E-state index contributed by atoms with van der Waals surface area (Å²) < 4.78 is 10.7. The van der Waals surface area contributed by atoms with Gasteiger partial charge in [-0.3, -0.25) is 4.79 Å². The first kappa shape index (κ1) is 18.4. The molecule has 4 nitrogen and oxygen atoms in total. The van der Waals surface area contributed by atoms with Gasteiger partial charge in [0.1, 0.15) is 18.1 Å². The maximum Gasteiger partial charge on any atom is 0.306 e. The van der Waals surface area contributed by atoms with Gasteiger partial charge in [0.05, 0.1) is 6.61 Å². The third-order valence-electron chi connectivity index (χ3n) is 3.39. The summed E-state index contributed by atoms with van der Waals surface area (Å²) in [6.45, 7) is 2.28. The molecular weight excluding hydrogens is 351 g/mol. The molecule has 128 valence electrons. The molecule has 0 aliphatic rings.